The lowest BCUT2D eigenvalue weighted by atomic mass is 9.90. The van der Waals surface area contributed by atoms with Gasteiger partial charge in [-0.05, 0) is 47.7 Å². The lowest BCUT2D eigenvalue weighted by Gasteiger charge is -2.35. The predicted octanol–water partition coefficient (Wildman–Crippen LogP) is 2.57. The van der Waals surface area contributed by atoms with Gasteiger partial charge in [0.1, 0.15) is 22.8 Å². The molecule has 12 nitrogen and oxygen atoms in total. The van der Waals surface area contributed by atoms with E-state index < -0.39 is 5.82 Å². The van der Waals surface area contributed by atoms with Crippen LogP contribution in [0.3, 0.4) is 0 Å². The Balaban J connectivity index is 1.09. The van der Waals surface area contributed by atoms with Crippen LogP contribution in [-0.4, -0.2) is 82.7 Å². The number of benzene rings is 2. The topological polar surface area (TPSA) is 139 Å². The third-order valence-corrected chi connectivity index (χ3v) is 9.11. The second-order valence-electron chi connectivity index (χ2n) is 12.1. The fourth-order valence-electron chi connectivity index (χ4n) is 6.41. The number of piperazine rings is 1. The summed E-state index contributed by atoms with van der Waals surface area (Å²) in [6, 6.07) is 8.59. The minimum absolute atomic E-state index is 0.0529. The van der Waals surface area contributed by atoms with Crippen molar-refractivity contribution in [3.05, 3.63) is 75.6 Å². The molecule has 2 aromatic carbocycles. The summed E-state index contributed by atoms with van der Waals surface area (Å²) in [5.74, 6) is -0.329. The maximum Gasteiger partial charge on any atom is 0.276 e. The molecule has 1 unspecified atom stereocenters. The smallest absolute Gasteiger partial charge is 0.276 e. The Kier molecular flexibility index (Phi) is 9.08. The number of aryl methyl sites for hydroxylation is 1. The van der Waals surface area contributed by atoms with Gasteiger partial charge in [0.25, 0.3) is 5.56 Å². The minimum Gasteiger partial charge on any atom is -0.496 e. The number of hydrogen-bond acceptors (Lipinski definition) is 8. The second kappa shape index (κ2) is 13.4. The van der Waals surface area contributed by atoms with E-state index in [-0.39, 0.29) is 42.0 Å². The highest BCUT2D eigenvalue weighted by molar-refractivity contribution is 5.98. The van der Waals surface area contributed by atoms with E-state index in [9.17, 15) is 23.6 Å². The molecule has 2 aliphatic heterocycles. The Bertz CT molecular complexity index is 1890. The summed E-state index contributed by atoms with van der Waals surface area (Å²) in [6.07, 6.45) is 4.41. The Morgan fingerprint density at radius 2 is 1.77 bits per heavy atom. The van der Waals surface area contributed by atoms with Gasteiger partial charge in [0.2, 0.25) is 17.7 Å². The van der Waals surface area contributed by atoms with Gasteiger partial charge in [-0.3, -0.25) is 34.5 Å². The van der Waals surface area contributed by atoms with Crippen molar-refractivity contribution in [2.24, 2.45) is 13.0 Å². The summed E-state index contributed by atoms with van der Waals surface area (Å²) in [6.45, 7) is 2.75. The average Bonchev–Trinajstić information content (AvgIpc) is 3.56. The number of H-pyrrole nitrogens is 1. The summed E-state index contributed by atoms with van der Waals surface area (Å²) in [7, 11) is 4.90. The highest BCUT2D eigenvalue weighted by atomic mass is 19.1. The van der Waals surface area contributed by atoms with Gasteiger partial charge in [-0.1, -0.05) is 12.1 Å². The van der Waals surface area contributed by atoms with Gasteiger partial charge in [0, 0.05) is 69.3 Å². The fraction of sp³-hybridized carbons (Fsp3) is 0.382. The van der Waals surface area contributed by atoms with E-state index in [4.69, 9.17) is 9.47 Å². The number of carbonyl (C=O) groups is 3. The molecule has 13 heteroatoms. The number of aromatic amines is 1. The third-order valence-electron chi connectivity index (χ3n) is 9.11. The minimum atomic E-state index is -0.476. The number of methoxy groups -OCH3 is 2. The van der Waals surface area contributed by atoms with Gasteiger partial charge < -0.3 is 18.9 Å². The SMILES string of the molecule is COc1cc(-c2cn(C)c(=O)c3[nH]ncc23)cc(OC)c1CN1CCN(C(=O)Cc2ccc(CC3CCC(=O)NC3=O)cc2F)CC1. The molecule has 2 N–H and O–H groups in total. The molecular formula is C34H37FN6O6. The molecule has 2 aliphatic rings. The number of fused-ring (bicyclic) bond motifs is 1. The standard InChI is InChI=1S/C34H37FN6O6/c1-39-18-25(24-17-36-38-32(24)34(39)45)23-14-28(46-2)26(29(15-23)47-3)19-40-8-10-41(11-9-40)31(43)16-21-5-4-20(13-27(21)35)12-22-6-7-30(42)37-33(22)44/h4-5,13-15,17-18,22H,6-12,16,19H2,1-3H3,(H,36,38)(H,37,42,44). The zero-order chi connectivity index (χ0) is 33.2. The van der Waals surface area contributed by atoms with E-state index in [1.807, 2.05) is 12.1 Å². The number of amides is 3. The maximum absolute atomic E-state index is 15.0. The van der Waals surface area contributed by atoms with Gasteiger partial charge in [-0.25, -0.2) is 4.39 Å². The number of pyridine rings is 1. The zero-order valence-electron chi connectivity index (χ0n) is 26.6. The van der Waals surface area contributed by atoms with Gasteiger partial charge in [-0.15, -0.1) is 0 Å². The number of halogens is 1. The van der Waals surface area contributed by atoms with Crippen molar-refractivity contribution in [3.8, 4) is 22.6 Å². The summed E-state index contributed by atoms with van der Waals surface area (Å²) in [4.78, 5) is 53.1. The summed E-state index contributed by atoms with van der Waals surface area (Å²) < 4.78 is 28.1. The van der Waals surface area contributed by atoms with Crippen LogP contribution in [0.15, 0.2) is 47.5 Å². The van der Waals surface area contributed by atoms with Crippen molar-refractivity contribution in [1.29, 1.82) is 0 Å². The Hall–Kier alpha value is -5.04. The maximum atomic E-state index is 15.0. The number of piperidine rings is 1. The molecule has 2 fully saturated rings. The van der Waals surface area contributed by atoms with Crippen LogP contribution in [0.1, 0.15) is 29.5 Å². The molecule has 0 aliphatic carbocycles. The van der Waals surface area contributed by atoms with Crippen LogP contribution in [0.5, 0.6) is 11.5 Å². The fourth-order valence-corrected chi connectivity index (χ4v) is 6.41. The van der Waals surface area contributed by atoms with Crippen molar-refractivity contribution in [2.45, 2.75) is 32.2 Å². The number of imide groups is 1. The second-order valence-corrected chi connectivity index (χ2v) is 12.1. The molecule has 0 radical (unpaired) electrons. The summed E-state index contributed by atoms with van der Waals surface area (Å²) in [5.41, 5.74) is 3.72. The number of ether oxygens (including phenoxy) is 2. The molecule has 246 valence electrons. The highest BCUT2D eigenvalue weighted by Crippen LogP contribution is 2.38. The molecule has 0 spiro atoms. The van der Waals surface area contributed by atoms with E-state index in [1.165, 1.54) is 10.6 Å². The van der Waals surface area contributed by atoms with Crippen LogP contribution in [0.25, 0.3) is 22.0 Å². The molecule has 6 rings (SSSR count). The average molecular weight is 645 g/mol. The van der Waals surface area contributed by atoms with E-state index in [0.29, 0.717) is 79.1 Å². The van der Waals surface area contributed by atoms with Gasteiger partial charge in [-0.2, -0.15) is 5.10 Å². The van der Waals surface area contributed by atoms with Crippen molar-refractivity contribution in [1.82, 2.24) is 29.9 Å². The molecule has 4 heterocycles. The molecule has 2 saturated heterocycles. The number of aromatic nitrogens is 3. The van der Waals surface area contributed by atoms with Crippen molar-refractivity contribution in [2.75, 3.05) is 40.4 Å². The molecule has 2 aromatic heterocycles. The van der Waals surface area contributed by atoms with Gasteiger partial charge in [0.05, 0.1) is 32.4 Å². The number of hydrogen-bond donors (Lipinski definition) is 2. The number of nitrogens with zero attached hydrogens (tertiary/aromatic N) is 4. The summed E-state index contributed by atoms with van der Waals surface area (Å²) in [5, 5.41) is 9.89. The molecule has 47 heavy (non-hydrogen) atoms. The first-order valence-electron chi connectivity index (χ1n) is 15.5. The van der Waals surface area contributed by atoms with Crippen LogP contribution < -0.4 is 20.3 Å². The van der Waals surface area contributed by atoms with Crippen LogP contribution in [0.2, 0.25) is 0 Å². The first-order chi connectivity index (χ1) is 22.6. The first kappa shape index (κ1) is 31.9. The van der Waals surface area contributed by atoms with Crippen molar-refractivity contribution in [3.63, 3.8) is 0 Å². The van der Waals surface area contributed by atoms with Crippen LogP contribution in [0, 0.1) is 11.7 Å². The van der Waals surface area contributed by atoms with E-state index >= 15 is 0 Å². The number of carbonyl (C=O) groups excluding carboxylic acids is 3. The van der Waals surface area contributed by atoms with E-state index in [1.54, 1.807) is 50.7 Å². The molecule has 4 aromatic rings. The van der Waals surface area contributed by atoms with E-state index in [2.05, 4.69) is 20.4 Å². The Labute approximate surface area is 270 Å². The normalized spacial score (nSPS) is 17.2. The number of rotatable bonds is 9. The first-order valence-corrected chi connectivity index (χ1v) is 15.5. The summed E-state index contributed by atoms with van der Waals surface area (Å²) >= 11 is 0. The zero-order valence-corrected chi connectivity index (χ0v) is 26.6. The quantitative estimate of drug-likeness (QED) is 0.265. The van der Waals surface area contributed by atoms with Gasteiger partial charge >= 0.3 is 0 Å². The predicted molar refractivity (Wildman–Crippen MR) is 171 cm³/mol. The van der Waals surface area contributed by atoms with Crippen LogP contribution in [0.4, 0.5) is 4.39 Å². The van der Waals surface area contributed by atoms with Crippen LogP contribution >= 0.6 is 0 Å². The molecule has 1 atom stereocenters. The van der Waals surface area contributed by atoms with Crippen molar-refractivity contribution >= 4 is 28.6 Å². The van der Waals surface area contributed by atoms with E-state index in [0.717, 1.165) is 16.7 Å². The van der Waals surface area contributed by atoms with Crippen LogP contribution in [-0.2, 0) is 40.8 Å². The lowest BCUT2D eigenvalue weighted by molar-refractivity contribution is -0.136. The number of nitrogens with one attached hydrogen (secondary N) is 2. The molecule has 3 amide bonds. The van der Waals surface area contributed by atoms with Crippen molar-refractivity contribution < 1.29 is 28.2 Å². The lowest BCUT2D eigenvalue weighted by Crippen LogP contribution is -2.48. The Morgan fingerprint density at radius 3 is 2.43 bits per heavy atom. The Morgan fingerprint density at radius 1 is 1.04 bits per heavy atom. The molecular weight excluding hydrogens is 607 g/mol. The molecule has 0 bridgehead atoms. The third kappa shape index (κ3) is 6.61. The monoisotopic (exact) mass is 644 g/mol. The molecule has 0 saturated carbocycles. The van der Waals surface area contributed by atoms with Gasteiger partial charge in [0.15, 0.2) is 0 Å². The highest BCUT2D eigenvalue weighted by Gasteiger charge is 2.28. The largest absolute Gasteiger partial charge is 0.496 e.